The van der Waals surface area contributed by atoms with Gasteiger partial charge >= 0.3 is 5.97 Å². The Morgan fingerprint density at radius 2 is 2.04 bits per heavy atom. The minimum Gasteiger partial charge on any atom is -0.448 e. The summed E-state index contributed by atoms with van der Waals surface area (Å²) in [7, 11) is 0. The fraction of sp³-hybridized carbons (Fsp3) is 0.368. The van der Waals surface area contributed by atoms with Crippen LogP contribution in [0.3, 0.4) is 0 Å². The van der Waals surface area contributed by atoms with Crippen LogP contribution in [0.25, 0.3) is 0 Å². The molecule has 0 aliphatic heterocycles. The van der Waals surface area contributed by atoms with E-state index in [0.717, 1.165) is 24.1 Å². The molecule has 2 aromatic rings. The van der Waals surface area contributed by atoms with E-state index in [2.05, 4.69) is 17.4 Å². The summed E-state index contributed by atoms with van der Waals surface area (Å²) in [6.45, 7) is 3.54. The number of hydrogen-bond donors (Lipinski definition) is 1. The van der Waals surface area contributed by atoms with Gasteiger partial charge in [-0.15, -0.1) is 11.3 Å². The molecule has 0 unspecified atom stereocenters. The highest BCUT2D eigenvalue weighted by atomic mass is 32.1. The lowest BCUT2D eigenvalue weighted by Gasteiger charge is -2.27. The lowest BCUT2D eigenvalue weighted by molar-refractivity contribution is -0.130. The average Bonchev–Trinajstić information content (AvgIpc) is 3.01. The van der Waals surface area contributed by atoms with Crippen LogP contribution in [0.4, 0.5) is 0 Å². The fourth-order valence-electron chi connectivity index (χ4n) is 3.01. The van der Waals surface area contributed by atoms with Crippen molar-refractivity contribution in [2.75, 3.05) is 0 Å². The molecular formula is C19H21NO3S. The summed E-state index contributed by atoms with van der Waals surface area (Å²) in [5.41, 5.74) is 2.46. The van der Waals surface area contributed by atoms with Gasteiger partial charge in [0, 0.05) is 4.88 Å². The second kappa shape index (κ2) is 7.18. The molecule has 1 aliphatic carbocycles. The number of rotatable bonds is 4. The van der Waals surface area contributed by atoms with Crippen LogP contribution in [0.15, 0.2) is 36.4 Å². The summed E-state index contributed by atoms with van der Waals surface area (Å²) in [5, 5.41) is 3.02. The first-order chi connectivity index (χ1) is 11.5. The molecule has 126 valence electrons. The minimum absolute atomic E-state index is 0.00687. The molecule has 1 aliphatic rings. The van der Waals surface area contributed by atoms with Gasteiger partial charge in [0.15, 0.2) is 6.10 Å². The molecule has 0 fully saturated rings. The number of nitrogens with one attached hydrogen (secondary N) is 1. The predicted octanol–water partition coefficient (Wildman–Crippen LogP) is 3.80. The second-order valence-electron chi connectivity index (χ2n) is 6.11. The minimum atomic E-state index is -0.811. The molecule has 0 saturated heterocycles. The van der Waals surface area contributed by atoms with Gasteiger partial charge in [0.1, 0.15) is 4.88 Å². The molecule has 0 bridgehead atoms. The number of benzene rings is 1. The summed E-state index contributed by atoms with van der Waals surface area (Å²) in [6.07, 6.45) is 2.19. The van der Waals surface area contributed by atoms with Crippen molar-refractivity contribution in [1.29, 1.82) is 0 Å². The molecule has 1 N–H and O–H groups in total. The Labute approximate surface area is 145 Å². The fourth-order valence-corrected chi connectivity index (χ4v) is 3.76. The maximum atomic E-state index is 12.4. The van der Waals surface area contributed by atoms with Gasteiger partial charge in [-0.1, -0.05) is 24.3 Å². The van der Waals surface area contributed by atoms with Crippen molar-refractivity contribution in [3.8, 4) is 0 Å². The number of carbonyl (C=O) groups excluding carboxylic acids is 2. The highest BCUT2D eigenvalue weighted by Gasteiger charge is 2.25. The van der Waals surface area contributed by atoms with E-state index in [0.29, 0.717) is 4.88 Å². The maximum Gasteiger partial charge on any atom is 0.349 e. The Hall–Kier alpha value is -2.14. The number of hydrogen-bond acceptors (Lipinski definition) is 4. The standard InChI is InChI=1S/C19H21NO3S/c1-12-10-11-17(24-12)19(22)23-13(2)18(21)20-16-9-5-7-14-6-3-4-8-15(14)16/h3-4,6,8,10-11,13,16H,5,7,9H2,1-2H3,(H,20,21)/t13-,16-/m0/s1. The monoisotopic (exact) mass is 343 g/mol. The van der Waals surface area contributed by atoms with Crippen LogP contribution in [0.5, 0.6) is 0 Å². The van der Waals surface area contributed by atoms with Gasteiger partial charge in [0.05, 0.1) is 6.04 Å². The van der Waals surface area contributed by atoms with Crippen LogP contribution in [-0.2, 0) is 16.0 Å². The van der Waals surface area contributed by atoms with E-state index in [4.69, 9.17) is 4.74 Å². The largest absolute Gasteiger partial charge is 0.448 e. The number of ether oxygens (including phenoxy) is 1. The molecule has 0 spiro atoms. The van der Waals surface area contributed by atoms with Gasteiger partial charge in [-0.05, 0) is 56.4 Å². The van der Waals surface area contributed by atoms with E-state index in [1.165, 1.54) is 22.5 Å². The van der Waals surface area contributed by atoms with Crippen LogP contribution >= 0.6 is 11.3 Å². The highest BCUT2D eigenvalue weighted by Crippen LogP contribution is 2.29. The zero-order valence-corrected chi connectivity index (χ0v) is 14.7. The van der Waals surface area contributed by atoms with Crippen molar-refractivity contribution < 1.29 is 14.3 Å². The molecular weight excluding hydrogens is 322 g/mol. The number of aryl methyl sites for hydroxylation is 2. The molecule has 1 heterocycles. The van der Waals surface area contributed by atoms with E-state index in [-0.39, 0.29) is 11.9 Å². The molecule has 24 heavy (non-hydrogen) atoms. The van der Waals surface area contributed by atoms with E-state index < -0.39 is 12.1 Å². The van der Waals surface area contributed by atoms with Crippen LogP contribution in [0, 0.1) is 6.92 Å². The number of carbonyl (C=O) groups is 2. The first kappa shape index (κ1) is 16.7. The third-order valence-corrected chi connectivity index (χ3v) is 5.26. The van der Waals surface area contributed by atoms with Crippen LogP contribution < -0.4 is 5.32 Å². The third-order valence-electron chi connectivity index (χ3n) is 4.28. The first-order valence-electron chi connectivity index (χ1n) is 8.20. The number of fused-ring (bicyclic) bond motifs is 1. The molecule has 1 aromatic heterocycles. The van der Waals surface area contributed by atoms with Crippen molar-refractivity contribution in [2.45, 2.75) is 45.3 Å². The number of amides is 1. The molecule has 0 radical (unpaired) electrons. The molecule has 2 atom stereocenters. The normalized spacial score (nSPS) is 17.7. The van der Waals surface area contributed by atoms with E-state index in [9.17, 15) is 9.59 Å². The quantitative estimate of drug-likeness (QED) is 0.859. The summed E-state index contributed by atoms with van der Waals surface area (Å²) >= 11 is 1.37. The van der Waals surface area contributed by atoms with Crippen molar-refractivity contribution in [2.24, 2.45) is 0 Å². The molecule has 1 aromatic carbocycles. The smallest absolute Gasteiger partial charge is 0.349 e. The van der Waals surface area contributed by atoms with Crippen molar-refractivity contribution >= 4 is 23.2 Å². The lowest BCUT2D eigenvalue weighted by Crippen LogP contribution is -2.39. The Bertz CT molecular complexity index is 753. The number of esters is 1. The zero-order chi connectivity index (χ0) is 17.1. The summed E-state index contributed by atoms with van der Waals surface area (Å²) < 4.78 is 5.30. The lowest BCUT2D eigenvalue weighted by atomic mass is 9.87. The van der Waals surface area contributed by atoms with E-state index in [1.54, 1.807) is 13.0 Å². The van der Waals surface area contributed by atoms with Gasteiger partial charge in [0.2, 0.25) is 0 Å². The summed E-state index contributed by atoms with van der Waals surface area (Å²) in [5.74, 6) is -0.696. The van der Waals surface area contributed by atoms with Crippen LogP contribution in [0.1, 0.15) is 51.5 Å². The van der Waals surface area contributed by atoms with Crippen molar-refractivity contribution in [1.82, 2.24) is 5.32 Å². The Kier molecular flexibility index (Phi) is 5.00. The van der Waals surface area contributed by atoms with Gasteiger partial charge in [-0.25, -0.2) is 4.79 Å². The topological polar surface area (TPSA) is 55.4 Å². The zero-order valence-electron chi connectivity index (χ0n) is 13.9. The average molecular weight is 343 g/mol. The molecule has 1 amide bonds. The van der Waals surface area contributed by atoms with Gasteiger partial charge in [0.25, 0.3) is 5.91 Å². The van der Waals surface area contributed by atoms with E-state index >= 15 is 0 Å². The predicted molar refractivity (Wildman–Crippen MR) is 94.2 cm³/mol. The van der Waals surface area contributed by atoms with Gasteiger partial charge in [-0.2, -0.15) is 0 Å². The van der Waals surface area contributed by atoms with Gasteiger partial charge in [-0.3, -0.25) is 4.79 Å². The summed E-state index contributed by atoms with van der Waals surface area (Å²) in [4.78, 5) is 26.0. The van der Waals surface area contributed by atoms with E-state index in [1.807, 2.05) is 25.1 Å². The molecule has 3 rings (SSSR count). The Balaban J connectivity index is 1.62. The molecule has 5 heteroatoms. The van der Waals surface area contributed by atoms with Crippen molar-refractivity contribution in [3.63, 3.8) is 0 Å². The van der Waals surface area contributed by atoms with Crippen LogP contribution in [-0.4, -0.2) is 18.0 Å². The Morgan fingerprint density at radius 3 is 2.79 bits per heavy atom. The third kappa shape index (κ3) is 3.67. The first-order valence-corrected chi connectivity index (χ1v) is 9.02. The summed E-state index contributed by atoms with van der Waals surface area (Å²) in [6, 6.07) is 11.8. The van der Waals surface area contributed by atoms with Crippen molar-refractivity contribution in [3.05, 3.63) is 57.3 Å². The second-order valence-corrected chi connectivity index (χ2v) is 7.40. The maximum absolute atomic E-state index is 12.4. The van der Waals surface area contributed by atoms with Gasteiger partial charge < -0.3 is 10.1 Å². The molecule has 4 nitrogen and oxygen atoms in total. The number of thiophene rings is 1. The highest BCUT2D eigenvalue weighted by molar-refractivity contribution is 7.13. The SMILES string of the molecule is Cc1ccc(C(=O)O[C@@H](C)C(=O)N[C@H]2CCCc3ccccc32)s1. The van der Waals surface area contributed by atoms with Crippen LogP contribution in [0.2, 0.25) is 0 Å². The Morgan fingerprint density at radius 1 is 1.25 bits per heavy atom. The molecule has 0 saturated carbocycles.